The van der Waals surface area contributed by atoms with Crippen molar-refractivity contribution in [1.82, 2.24) is 10.3 Å². The molecular formula is C25H25N3O4. The van der Waals surface area contributed by atoms with Gasteiger partial charge in [0.25, 0.3) is 11.8 Å². The van der Waals surface area contributed by atoms with Gasteiger partial charge in [0.15, 0.2) is 0 Å². The van der Waals surface area contributed by atoms with E-state index in [0.29, 0.717) is 22.6 Å². The average Bonchev–Trinajstić information content (AvgIpc) is 3.63. The standard InChI is InChI=1S/C25H25N3O4/c1-16-2-4-19(25(31)27-20-8-9-20)12-23(16)28-24(30)18-5-10-22(11-6-18)32-15-21-7-3-17(14-29)13-26-21/h2-7,10-13,20,29H,8-9,14-15H2,1H3,(H,27,31)(H,28,30). The van der Waals surface area contributed by atoms with Crippen LogP contribution in [0.1, 0.15) is 50.4 Å². The largest absolute Gasteiger partial charge is 0.487 e. The van der Waals surface area contributed by atoms with Gasteiger partial charge < -0.3 is 20.5 Å². The number of aliphatic hydroxyl groups is 1. The molecule has 0 bridgehead atoms. The second-order valence-electron chi connectivity index (χ2n) is 7.86. The van der Waals surface area contributed by atoms with Gasteiger partial charge in [-0.2, -0.15) is 0 Å². The minimum atomic E-state index is -0.263. The third-order valence-corrected chi connectivity index (χ3v) is 5.23. The van der Waals surface area contributed by atoms with Crippen molar-refractivity contribution in [2.24, 2.45) is 0 Å². The van der Waals surface area contributed by atoms with E-state index in [4.69, 9.17) is 9.84 Å². The average molecular weight is 431 g/mol. The first kappa shape index (κ1) is 21.5. The Balaban J connectivity index is 1.36. The maximum absolute atomic E-state index is 12.7. The summed E-state index contributed by atoms with van der Waals surface area (Å²) in [4.78, 5) is 29.2. The van der Waals surface area contributed by atoms with Gasteiger partial charge in [0.2, 0.25) is 0 Å². The molecule has 1 fully saturated rings. The van der Waals surface area contributed by atoms with Crippen molar-refractivity contribution in [3.05, 3.63) is 88.7 Å². The predicted octanol–water partition coefficient (Wildman–Crippen LogP) is 3.61. The third kappa shape index (κ3) is 5.50. The second kappa shape index (κ2) is 9.62. The summed E-state index contributed by atoms with van der Waals surface area (Å²) in [6.45, 7) is 2.12. The highest BCUT2D eigenvalue weighted by Crippen LogP contribution is 2.22. The van der Waals surface area contributed by atoms with Gasteiger partial charge in [0, 0.05) is 29.1 Å². The zero-order valence-electron chi connectivity index (χ0n) is 17.8. The number of pyridine rings is 1. The molecule has 0 atom stereocenters. The van der Waals surface area contributed by atoms with Crippen LogP contribution in [0.4, 0.5) is 5.69 Å². The Labute approximate surface area is 186 Å². The number of rotatable bonds is 8. The molecule has 0 saturated heterocycles. The summed E-state index contributed by atoms with van der Waals surface area (Å²) in [5.74, 6) is 0.232. The van der Waals surface area contributed by atoms with E-state index < -0.39 is 0 Å². The van der Waals surface area contributed by atoms with Crippen LogP contribution in [0.5, 0.6) is 5.75 Å². The molecule has 2 aromatic carbocycles. The number of aromatic nitrogens is 1. The number of nitrogens with one attached hydrogen (secondary N) is 2. The Morgan fingerprint density at radius 3 is 2.44 bits per heavy atom. The van der Waals surface area contributed by atoms with Crippen LogP contribution in [0.15, 0.2) is 60.8 Å². The molecule has 0 unspecified atom stereocenters. The van der Waals surface area contributed by atoms with Gasteiger partial charge >= 0.3 is 0 Å². The van der Waals surface area contributed by atoms with Crippen LogP contribution in [0.3, 0.4) is 0 Å². The van der Waals surface area contributed by atoms with Crippen molar-refractivity contribution < 1.29 is 19.4 Å². The fourth-order valence-corrected chi connectivity index (χ4v) is 3.08. The maximum atomic E-state index is 12.7. The van der Waals surface area contributed by atoms with Crippen LogP contribution in [0.25, 0.3) is 0 Å². The Morgan fingerprint density at radius 2 is 1.78 bits per heavy atom. The molecule has 2 amide bonds. The Morgan fingerprint density at radius 1 is 1.03 bits per heavy atom. The number of ether oxygens (including phenoxy) is 1. The summed E-state index contributed by atoms with van der Waals surface area (Å²) in [6, 6.07) is 16.0. The van der Waals surface area contributed by atoms with Crippen molar-refractivity contribution in [1.29, 1.82) is 0 Å². The molecule has 3 aromatic rings. The zero-order valence-corrected chi connectivity index (χ0v) is 17.8. The van der Waals surface area contributed by atoms with Crippen molar-refractivity contribution in [2.45, 2.75) is 39.0 Å². The van der Waals surface area contributed by atoms with E-state index in [-0.39, 0.29) is 31.1 Å². The summed E-state index contributed by atoms with van der Waals surface area (Å²) >= 11 is 0. The van der Waals surface area contributed by atoms with E-state index in [9.17, 15) is 9.59 Å². The van der Waals surface area contributed by atoms with Gasteiger partial charge in [0.1, 0.15) is 12.4 Å². The number of aliphatic hydroxyl groups excluding tert-OH is 1. The maximum Gasteiger partial charge on any atom is 0.255 e. The molecule has 0 radical (unpaired) electrons. The van der Waals surface area contributed by atoms with Gasteiger partial charge in [-0.1, -0.05) is 12.1 Å². The van der Waals surface area contributed by atoms with Crippen molar-refractivity contribution >= 4 is 17.5 Å². The van der Waals surface area contributed by atoms with E-state index in [1.165, 1.54) is 0 Å². The van der Waals surface area contributed by atoms with Crippen LogP contribution in [0.2, 0.25) is 0 Å². The molecule has 7 nitrogen and oxygen atoms in total. The molecule has 1 saturated carbocycles. The number of amides is 2. The molecule has 7 heteroatoms. The summed E-state index contributed by atoms with van der Waals surface area (Å²) < 4.78 is 5.72. The topological polar surface area (TPSA) is 101 Å². The van der Waals surface area contributed by atoms with Crippen molar-refractivity contribution in [3.8, 4) is 5.75 Å². The molecule has 0 aliphatic heterocycles. The quantitative estimate of drug-likeness (QED) is 0.506. The fraction of sp³-hybridized carbons (Fsp3) is 0.240. The highest BCUT2D eigenvalue weighted by Gasteiger charge is 2.24. The normalized spacial score (nSPS) is 12.8. The monoisotopic (exact) mass is 431 g/mol. The molecule has 1 aliphatic rings. The van der Waals surface area contributed by atoms with Gasteiger partial charge in [-0.25, -0.2) is 0 Å². The van der Waals surface area contributed by atoms with Gasteiger partial charge in [-0.05, 0) is 73.4 Å². The second-order valence-corrected chi connectivity index (χ2v) is 7.86. The molecule has 1 aliphatic carbocycles. The number of carbonyl (C=O) groups is 2. The van der Waals surface area contributed by atoms with Crippen molar-refractivity contribution in [3.63, 3.8) is 0 Å². The van der Waals surface area contributed by atoms with Crippen LogP contribution in [0, 0.1) is 6.92 Å². The molecule has 32 heavy (non-hydrogen) atoms. The van der Waals surface area contributed by atoms with Crippen LogP contribution < -0.4 is 15.4 Å². The van der Waals surface area contributed by atoms with E-state index in [2.05, 4.69) is 15.6 Å². The molecular weight excluding hydrogens is 406 g/mol. The number of aryl methyl sites for hydroxylation is 1. The minimum absolute atomic E-state index is 0.0465. The highest BCUT2D eigenvalue weighted by atomic mass is 16.5. The van der Waals surface area contributed by atoms with Crippen LogP contribution in [-0.4, -0.2) is 27.9 Å². The number of carbonyl (C=O) groups excluding carboxylic acids is 2. The highest BCUT2D eigenvalue weighted by molar-refractivity contribution is 6.05. The molecule has 164 valence electrons. The first-order valence-corrected chi connectivity index (χ1v) is 10.5. The number of hydrogen-bond donors (Lipinski definition) is 3. The lowest BCUT2D eigenvalue weighted by molar-refractivity contribution is 0.0949. The number of nitrogens with zero attached hydrogens (tertiary/aromatic N) is 1. The van der Waals surface area contributed by atoms with Crippen molar-refractivity contribution in [2.75, 3.05) is 5.32 Å². The Kier molecular flexibility index (Phi) is 6.47. The molecule has 1 heterocycles. The number of anilines is 1. The summed E-state index contributed by atoms with van der Waals surface area (Å²) in [5, 5.41) is 14.9. The predicted molar refractivity (Wildman–Crippen MR) is 121 cm³/mol. The molecule has 4 rings (SSSR count). The smallest absolute Gasteiger partial charge is 0.255 e. The van der Waals surface area contributed by atoms with E-state index in [0.717, 1.165) is 29.7 Å². The lowest BCUT2D eigenvalue weighted by Crippen LogP contribution is -2.25. The Hall–Kier alpha value is -3.71. The van der Waals surface area contributed by atoms with Crippen LogP contribution >= 0.6 is 0 Å². The SMILES string of the molecule is Cc1ccc(C(=O)NC2CC2)cc1NC(=O)c1ccc(OCc2ccc(CO)cn2)cc1. The van der Waals surface area contributed by atoms with Gasteiger partial charge in [0.05, 0.1) is 12.3 Å². The lowest BCUT2D eigenvalue weighted by atomic mass is 10.1. The van der Waals surface area contributed by atoms with Crippen LogP contribution in [-0.2, 0) is 13.2 Å². The molecule has 0 spiro atoms. The molecule has 1 aromatic heterocycles. The first-order chi connectivity index (χ1) is 15.5. The van der Waals surface area contributed by atoms with Gasteiger partial charge in [-0.15, -0.1) is 0 Å². The van der Waals surface area contributed by atoms with E-state index in [1.807, 2.05) is 13.0 Å². The zero-order chi connectivity index (χ0) is 22.5. The first-order valence-electron chi connectivity index (χ1n) is 10.5. The third-order valence-electron chi connectivity index (χ3n) is 5.23. The van der Waals surface area contributed by atoms with Gasteiger partial charge in [-0.3, -0.25) is 14.6 Å². The minimum Gasteiger partial charge on any atom is -0.487 e. The number of benzene rings is 2. The Bertz CT molecular complexity index is 1110. The summed E-state index contributed by atoms with van der Waals surface area (Å²) in [5.41, 5.74) is 3.98. The van der Waals surface area contributed by atoms with E-state index >= 15 is 0 Å². The number of hydrogen-bond acceptors (Lipinski definition) is 5. The molecule has 3 N–H and O–H groups in total. The fourth-order valence-electron chi connectivity index (χ4n) is 3.08. The van der Waals surface area contributed by atoms with E-state index in [1.54, 1.807) is 54.7 Å². The summed E-state index contributed by atoms with van der Waals surface area (Å²) in [6.07, 6.45) is 3.65. The lowest BCUT2D eigenvalue weighted by Gasteiger charge is -2.11. The summed E-state index contributed by atoms with van der Waals surface area (Å²) in [7, 11) is 0.